The minimum absolute atomic E-state index is 0.0563. The maximum absolute atomic E-state index is 11.4. The summed E-state index contributed by atoms with van der Waals surface area (Å²) < 4.78 is 5.18. The van der Waals surface area contributed by atoms with E-state index in [1.165, 1.54) is 28.7 Å². The van der Waals surface area contributed by atoms with Crippen LogP contribution in [0.2, 0.25) is 0 Å². The molecule has 148 valence electrons. The highest BCUT2D eigenvalue weighted by molar-refractivity contribution is 5.71. The average molecular weight is 361 g/mol. The van der Waals surface area contributed by atoms with Gasteiger partial charge in [0.1, 0.15) is 6.61 Å². The van der Waals surface area contributed by atoms with Crippen LogP contribution in [-0.2, 0) is 9.53 Å². The van der Waals surface area contributed by atoms with Crippen LogP contribution in [0.4, 0.5) is 0 Å². The molecule has 2 heteroatoms. The van der Waals surface area contributed by atoms with Crippen LogP contribution in [-0.4, -0.2) is 12.6 Å². The SMILES string of the molecule is CC(C)=CCC/C(C)=C/CC/C(C)=C/CC/C(C)=C/COC(=O)C(C)C. The first-order chi connectivity index (χ1) is 12.2. The Balaban J connectivity index is 4.03. The fourth-order valence-electron chi connectivity index (χ4n) is 2.42. The van der Waals surface area contributed by atoms with Crippen LogP contribution in [0.3, 0.4) is 0 Å². The standard InChI is InChI=1S/C24H40O2/c1-19(2)11-8-12-21(5)13-9-14-22(6)15-10-16-23(7)17-18-26-24(25)20(3)4/h11,13,15,17,20H,8-10,12,14,16,18H2,1-7H3/b21-13+,22-15+,23-17+. The predicted molar refractivity (Wildman–Crippen MR) is 114 cm³/mol. The number of rotatable bonds is 12. The van der Waals surface area contributed by atoms with Gasteiger partial charge in [-0.05, 0) is 79.2 Å². The predicted octanol–water partition coefficient (Wildman–Crippen LogP) is 7.33. The van der Waals surface area contributed by atoms with E-state index in [1.807, 2.05) is 19.9 Å². The lowest BCUT2D eigenvalue weighted by Crippen LogP contribution is -2.11. The van der Waals surface area contributed by atoms with Crippen molar-refractivity contribution in [2.45, 2.75) is 87.0 Å². The van der Waals surface area contributed by atoms with Crippen molar-refractivity contribution in [3.8, 4) is 0 Å². The molecule has 0 amide bonds. The van der Waals surface area contributed by atoms with Crippen molar-refractivity contribution in [2.75, 3.05) is 6.61 Å². The van der Waals surface area contributed by atoms with Crippen LogP contribution >= 0.6 is 0 Å². The molecule has 0 unspecified atom stereocenters. The summed E-state index contributed by atoms with van der Waals surface area (Å²) in [4.78, 5) is 11.4. The molecule has 26 heavy (non-hydrogen) atoms. The summed E-state index contributed by atoms with van der Waals surface area (Å²) in [6.45, 7) is 15.0. The van der Waals surface area contributed by atoms with Crippen molar-refractivity contribution in [3.05, 3.63) is 46.6 Å². The van der Waals surface area contributed by atoms with E-state index in [0.717, 1.165) is 32.1 Å². The Bertz CT molecular complexity index is 526. The molecular formula is C24H40O2. The minimum Gasteiger partial charge on any atom is -0.461 e. The third kappa shape index (κ3) is 14.7. The molecule has 0 aromatic heterocycles. The van der Waals surface area contributed by atoms with Gasteiger partial charge >= 0.3 is 5.97 Å². The van der Waals surface area contributed by atoms with E-state index in [1.54, 1.807) is 0 Å². The maximum Gasteiger partial charge on any atom is 0.308 e. The molecule has 0 saturated heterocycles. The number of carbonyl (C=O) groups is 1. The molecule has 0 spiro atoms. The van der Waals surface area contributed by atoms with Gasteiger partial charge in [-0.25, -0.2) is 0 Å². The van der Waals surface area contributed by atoms with Gasteiger partial charge in [0.25, 0.3) is 0 Å². The fourth-order valence-corrected chi connectivity index (χ4v) is 2.42. The van der Waals surface area contributed by atoms with Crippen LogP contribution in [0.5, 0.6) is 0 Å². The highest BCUT2D eigenvalue weighted by Gasteiger charge is 2.06. The monoisotopic (exact) mass is 360 g/mol. The molecule has 0 heterocycles. The molecule has 0 aliphatic heterocycles. The second-order valence-corrected chi connectivity index (χ2v) is 7.83. The van der Waals surface area contributed by atoms with Gasteiger partial charge in [-0.15, -0.1) is 0 Å². The van der Waals surface area contributed by atoms with Crippen LogP contribution < -0.4 is 0 Å². The molecule has 0 aromatic rings. The largest absolute Gasteiger partial charge is 0.461 e. The molecule has 0 N–H and O–H groups in total. The Hall–Kier alpha value is -1.57. The van der Waals surface area contributed by atoms with Crippen LogP contribution in [0, 0.1) is 5.92 Å². The molecule has 0 radical (unpaired) electrons. The van der Waals surface area contributed by atoms with Crippen molar-refractivity contribution < 1.29 is 9.53 Å². The summed E-state index contributed by atoms with van der Waals surface area (Å²) >= 11 is 0. The zero-order valence-electron chi connectivity index (χ0n) is 18.2. The normalized spacial score (nSPS) is 13.2. The van der Waals surface area contributed by atoms with Gasteiger partial charge in [0, 0.05) is 0 Å². The Labute approximate surface area is 162 Å². The minimum atomic E-state index is -0.131. The van der Waals surface area contributed by atoms with Crippen LogP contribution in [0.1, 0.15) is 87.0 Å². The summed E-state index contributed by atoms with van der Waals surface area (Å²) in [5.41, 5.74) is 5.63. The van der Waals surface area contributed by atoms with Gasteiger partial charge in [-0.3, -0.25) is 4.79 Å². The number of hydrogen-bond donors (Lipinski definition) is 0. The second kappa shape index (κ2) is 14.6. The summed E-state index contributed by atoms with van der Waals surface area (Å²) in [7, 11) is 0. The molecular weight excluding hydrogens is 320 g/mol. The lowest BCUT2D eigenvalue weighted by Gasteiger charge is -2.05. The fraction of sp³-hybridized carbons (Fsp3) is 0.625. The second-order valence-electron chi connectivity index (χ2n) is 7.83. The van der Waals surface area contributed by atoms with E-state index in [0.29, 0.717) is 6.61 Å². The molecule has 0 aliphatic rings. The Morgan fingerprint density at radius 3 is 1.58 bits per heavy atom. The summed E-state index contributed by atoms with van der Waals surface area (Å²) in [5.74, 6) is -0.187. The maximum atomic E-state index is 11.4. The van der Waals surface area contributed by atoms with Crippen LogP contribution in [0.15, 0.2) is 46.6 Å². The molecule has 0 rings (SSSR count). The zero-order chi connectivity index (χ0) is 19.9. The number of hydrogen-bond acceptors (Lipinski definition) is 2. The van der Waals surface area contributed by atoms with E-state index < -0.39 is 0 Å². The average Bonchev–Trinajstić information content (AvgIpc) is 2.54. The molecule has 2 nitrogen and oxygen atoms in total. The topological polar surface area (TPSA) is 26.3 Å². The Kier molecular flexibility index (Phi) is 13.7. The quantitative estimate of drug-likeness (QED) is 0.269. The van der Waals surface area contributed by atoms with E-state index in [-0.39, 0.29) is 11.9 Å². The van der Waals surface area contributed by atoms with Gasteiger partial charge in [0.05, 0.1) is 5.92 Å². The molecule has 0 fully saturated rings. The molecule has 0 aliphatic carbocycles. The number of carbonyl (C=O) groups excluding carboxylic acids is 1. The number of ether oxygens (including phenoxy) is 1. The van der Waals surface area contributed by atoms with Crippen molar-refractivity contribution in [2.24, 2.45) is 5.92 Å². The Morgan fingerprint density at radius 1 is 0.731 bits per heavy atom. The molecule has 0 bridgehead atoms. The van der Waals surface area contributed by atoms with Crippen molar-refractivity contribution in [1.82, 2.24) is 0 Å². The lowest BCUT2D eigenvalue weighted by molar-refractivity contribution is -0.146. The van der Waals surface area contributed by atoms with Crippen LogP contribution in [0.25, 0.3) is 0 Å². The summed E-state index contributed by atoms with van der Waals surface area (Å²) in [6.07, 6.45) is 15.7. The van der Waals surface area contributed by atoms with Gasteiger partial charge in [0.15, 0.2) is 0 Å². The zero-order valence-corrected chi connectivity index (χ0v) is 18.2. The highest BCUT2D eigenvalue weighted by atomic mass is 16.5. The first-order valence-electron chi connectivity index (χ1n) is 9.99. The summed E-state index contributed by atoms with van der Waals surface area (Å²) in [6, 6.07) is 0. The van der Waals surface area contributed by atoms with E-state index in [4.69, 9.17) is 4.74 Å². The van der Waals surface area contributed by atoms with Gasteiger partial charge in [-0.2, -0.15) is 0 Å². The first kappa shape index (κ1) is 24.4. The molecule has 0 aromatic carbocycles. The lowest BCUT2D eigenvalue weighted by atomic mass is 10.0. The Morgan fingerprint density at radius 2 is 1.15 bits per heavy atom. The smallest absolute Gasteiger partial charge is 0.308 e. The van der Waals surface area contributed by atoms with E-state index >= 15 is 0 Å². The third-order valence-corrected chi connectivity index (χ3v) is 4.28. The number of esters is 1. The van der Waals surface area contributed by atoms with Crippen molar-refractivity contribution >= 4 is 5.97 Å². The van der Waals surface area contributed by atoms with Gasteiger partial charge in [-0.1, -0.05) is 54.4 Å². The highest BCUT2D eigenvalue weighted by Crippen LogP contribution is 2.13. The third-order valence-electron chi connectivity index (χ3n) is 4.28. The van der Waals surface area contributed by atoms with Gasteiger partial charge < -0.3 is 4.74 Å². The van der Waals surface area contributed by atoms with E-state index in [2.05, 4.69) is 52.8 Å². The van der Waals surface area contributed by atoms with Crippen molar-refractivity contribution in [3.63, 3.8) is 0 Å². The number of allylic oxidation sites excluding steroid dienone is 7. The molecule has 0 saturated carbocycles. The summed E-state index contributed by atoms with van der Waals surface area (Å²) in [5, 5.41) is 0. The molecule has 0 atom stereocenters. The van der Waals surface area contributed by atoms with Gasteiger partial charge in [0.2, 0.25) is 0 Å². The van der Waals surface area contributed by atoms with Crippen molar-refractivity contribution in [1.29, 1.82) is 0 Å². The van der Waals surface area contributed by atoms with E-state index in [9.17, 15) is 4.79 Å². The first-order valence-corrected chi connectivity index (χ1v) is 9.99.